The zero-order chi connectivity index (χ0) is 23.4. The molecule has 1 fully saturated rings. The molecule has 2 N–H and O–H groups in total. The number of hydroxylamine groups is 1. The summed E-state index contributed by atoms with van der Waals surface area (Å²) in [4.78, 5) is 16.5. The Bertz CT molecular complexity index is 1030. The highest BCUT2D eigenvalue weighted by atomic mass is 32.2. The maximum Gasteiger partial charge on any atom is 0.389 e. The quantitative estimate of drug-likeness (QED) is 0.472. The van der Waals surface area contributed by atoms with E-state index in [1.165, 1.54) is 23.8 Å². The van der Waals surface area contributed by atoms with Crippen molar-refractivity contribution in [1.82, 2.24) is 10.5 Å². The second kappa shape index (κ2) is 9.55. The number of amides is 1. The molecule has 32 heavy (non-hydrogen) atoms. The van der Waals surface area contributed by atoms with Crippen molar-refractivity contribution >= 4 is 15.7 Å². The zero-order valence-electron chi connectivity index (χ0n) is 17.1. The third kappa shape index (κ3) is 5.11. The third-order valence-corrected chi connectivity index (χ3v) is 8.06. The molecule has 0 spiro atoms. The highest BCUT2D eigenvalue weighted by Crippen LogP contribution is 2.36. The number of carbonyl (C=O) groups excluding carboxylic acids is 1. The minimum atomic E-state index is -4.18. The molecule has 3 rings (SSSR count). The summed E-state index contributed by atoms with van der Waals surface area (Å²) in [5.41, 5.74) is 3.28. The normalized spacial score (nSPS) is 16.5. The Morgan fingerprint density at radius 3 is 2.31 bits per heavy atom. The smallest absolute Gasteiger partial charge is 0.381 e. The van der Waals surface area contributed by atoms with Crippen LogP contribution in [0.5, 0.6) is 0 Å². The maximum absolute atomic E-state index is 13.2. The Morgan fingerprint density at radius 2 is 1.78 bits per heavy atom. The van der Waals surface area contributed by atoms with Crippen LogP contribution in [-0.4, -0.2) is 48.7 Å². The topological polar surface area (TPSA) is 106 Å². The van der Waals surface area contributed by atoms with E-state index in [4.69, 9.17) is 9.94 Å². The van der Waals surface area contributed by atoms with E-state index in [2.05, 4.69) is 4.98 Å². The molecule has 1 amide bonds. The van der Waals surface area contributed by atoms with Gasteiger partial charge in [-0.3, -0.25) is 15.0 Å². The fourth-order valence-electron chi connectivity index (χ4n) is 3.69. The predicted molar refractivity (Wildman–Crippen MR) is 109 cm³/mol. The van der Waals surface area contributed by atoms with Crippen LogP contribution in [0, 0.1) is 0 Å². The molecule has 1 saturated heterocycles. The van der Waals surface area contributed by atoms with E-state index < -0.39 is 33.1 Å². The summed E-state index contributed by atoms with van der Waals surface area (Å²) >= 11 is 0. The minimum Gasteiger partial charge on any atom is -0.381 e. The monoisotopic (exact) mass is 472 g/mol. The molecule has 2 heterocycles. The summed E-state index contributed by atoms with van der Waals surface area (Å²) in [5.74, 6) is -0.993. The Balaban J connectivity index is 1.77. The van der Waals surface area contributed by atoms with Gasteiger partial charge in [-0.05, 0) is 49.4 Å². The molecule has 2 aromatic rings. The number of carbonyl (C=O) groups is 1. The van der Waals surface area contributed by atoms with Gasteiger partial charge in [0, 0.05) is 31.4 Å². The summed E-state index contributed by atoms with van der Waals surface area (Å²) < 4.78 is 66.7. The Hall–Kier alpha value is -2.50. The van der Waals surface area contributed by atoms with Crippen LogP contribution in [0.25, 0.3) is 11.3 Å². The molecule has 0 radical (unpaired) electrons. The van der Waals surface area contributed by atoms with Crippen molar-refractivity contribution in [2.45, 2.75) is 47.9 Å². The number of hydrogen-bond donors (Lipinski definition) is 2. The summed E-state index contributed by atoms with van der Waals surface area (Å²) in [6.07, 6.45) is -3.47. The summed E-state index contributed by atoms with van der Waals surface area (Å²) in [5, 5.41) is 9.10. The lowest BCUT2D eigenvalue weighted by atomic mass is 9.98. The van der Waals surface area contributed by atoms with E-state index in [0.29, 0.717) is 16.8 Å². The van der Waals surface area contributed by atoms with Crippen molar-refractivity contribution in [3.05, 3.63) is 48.2 Å². The van der Waals surface area contributed by atoms with Gasteiger partial charge in [0.1, 0.15) is 0 Å². The van der Waals surface area contributed by atoms with Crippen molar-refractivity contribution in [1.29, 1.82) is 0 Å². The number of benzene rings is 1. The minimum absolute atomic E-state index is 0.0225. The highest BCUT2D eigenvalue weighted by molar-refractivity contribution is 7.93. The van der Waals surface area contributed by atoms with Crippen LogP contribution >= 0.6 is 0 Å². The molecule has 174 valence electrons. The lowest BCUT2D eigenvalue weighted by molar-refractivity contribution is -0.135. The van der Waals surface area contributed by atoms with E-state index >= 15 is 0 Å². The lowest BCUT2D eigenvalue weighted by Crippen LogP contribution is -2.54. The Labute approximate surface area is 183 Å². The van der Waals surface area contributed by atoms with Crippen LogP contribution in [0.4, 0.5) is 13.2 Å². The van der Waals surface area contributed by atoms with Gasteiger partial charge in [0.15, 0.2) is 14.6 Å². The standard InChI is InChI=1S/C21H23F3N2O5S/c22-21(23,24)9-1-2-15-3-8-18(25-14-15)16-4-6-17(7-5-16)32(29,30)20(19(27)26-28)10-12-31-13-11-20/h3-8,14,28H,1-2,9-13H2,(H,26,27). The van der Waals surface area contributed by atoms with Gasteiger partial charge >= 0.3 is 6.18 Å². The number of nitrogens with zero attached hydrogens (tertiary/aromatic N) is 1. The molecule has 0 bridgehead atoms. The number of rotatable bonds is 7. The molecular formula is C21H23F3N2O5S. The van der Waals surface area contributed by atoms with Crippen LogP contribution in [0.1, 0.15) is 31.2 Å². The first-order valence-electron chi connectivity index (χ1n) is 9.98. The molecule has 1 aliphatic rings. The van der Waals surface area contributed by atoms with Crippen LogP contribution < -0.4 is 5.48 Å². The molecule has 7 nitrogen and oxygen atoms in total. The van der Waals surface area contributed by atoms with Crippen molar-refractivity contribution in [2.24, 2.45) is 0 Å². The van der Waals surface area contributed by atoms with Crippen molar-refractivity contribution in [3.8, 4) is 11.3 Å². The van der Waals surface area contributed by atoms with Crippen LogP contribution in [0.3, 0.4) is 0 Å². The first kappa shape index (κ1) is 24.1. The van der Waals surface area contributed by atoms with E-state index in [0.717, 1.165) is 0 Å². The molecule has 1 aliphatic heterocycles. The number of sulfone groups is 1. The van der Waals surface area contributed by atoms with Gasteiger partial charge in [-0.1, -0.05) is 18.2 Å². The van der Waals surface area contributed by atoms with Crippen LogP contribution in [0.2, 0.25) is 0 Å². The maximum atomic E-state index is 13.2. The predicted octanol–water partition coefficient (Wildman–Crippen LogP) is 3.46. The van der Waals surface area contributed by atoms with Gasteiger partial charge in [0.2, 0.25) is 0 Å². The van der Waals surface area contributed by atoms with Crippen molar-refractivity contribution < 1.29 is 36.3 Å². The Kier molecular flexibility index (Phi) is 7.21. The average molecular weight is 472 g/mol. The molecule has 0 unspecified atom stereocenters. The molecule has 0 saturated carbocycles. The van der Waals surface area contributed by atoms with Gasteiger partial charge in [-0.25, -0.2) is 13.9 Å². The molecule has 0 atom stereocenters. The van der Waals surface area contributed by atoms with Gasteiger partial charge < -0.3 is 4.74 Å². The SMILES string of the molecule is O=C(NO)C1(S(=O)(=O)c2ccc(-c3ccc(CCCC(F)(F)F)cn3)cc2)CCOCC1. The van der Waals surface area contributed by atoms with Gasteiger partial charge in [-0.2, -0.15) is 13.2 Å². The highest BCUT2D eigenvalue weighted by Gasteiger charge is 2.52. The number of pyridine rings is 1. The van der Waals surface area contributed by atoms with E-state index in [1.807, 2.05) is 0 Å². The second-order valence-electron chi connectivity index (χ2n) is 7.60. The van der Waals surface area contributed by atoms with E-state index in [-0.39, 0.29) is 43.8 Å². The summed E-state index contributed by atoms with van der Waals surface area (Å²) in [6.45, 7) is 0.147. The molecule has 0 aliphatic carbocycles. The number of alkyl halides is 3. The molecule has 1 aromatic heterocycles. The second-order valence-corrected chi connectivity index (χ2v) is 9.86. The third-order valence-electron chi connectivity index (χ3n) is 5.54. The largest absolute Gasteiger partial charge is 0.389 e. The van der Waals surface area contributed by atoms with Gasteiger partial charge in [0.25, 0.3) is 5.91 Å². The van der Waals surface area contributed by atoms with Crippen molar-refractivity contribution in [3.63, 3.8) is 0 Å². The summed E-state index contributed by atoms with van der Waals surface area (Å²) in [6, 6.07) is 9.17. The fourth-order valence-corrected chi connectivity index (χ4v) is 5.63. The number of halogens is 3. The summed E-state index contributed by atoms with van der Waals surface area (Å²) in [7, 11) is -4.13. The molecule has 11 heteroatoms. The molecular weight excluding hydrogens is 449 g/mol. The van der Waals surface area contributed by atoms with Crippen LogP contribution in [-0.2, 0) is 25.8 Å². The number of aryl methyl sites for hydroxylation is 1. The number of hydrogen-bond acceptors (Lipinski definition) is 6. The first-order valence-corrected chi connectivity index (χ1v) is 11.5. The van der Waals surface area contributed by atoms with Gasteiger partial charge in [0.05, 0.1) is 10.6 Å². The average Bonchev–Trinajstić information content (AvgIpc) is 2.78. The van der Waals surface area contributed by atoms with Crippen LogP contribution in [0.15, 0.2) is 47.5 Å². The first-order chi connectivity index (χ1) is 15.1. The fraction of sp³-hybridized carbons (Fsp3) is 0.429. The van der Waals surface area contributed by atoms with Gasteiger partial charge in [-0.15, -0.1) is 0 Å². The lowest BCUT2D eigenvalue weighted by Gasteiger charge is -2.34. The number of aromatic nitrogens is 1. The zero-order valence-corrected chi connectivity index (χ0v) is 17.9. The number of nitrogens with one attached hydrogen (secondary N) is 1. The van der Waals surface area contributed by atoms with Crippen molar-refractivity contribution in [2.75, 3.05) is 13.2 Å². The molecule has 1 aromatic carbocycles. The number of ether oxygens (including phenoxy) is 1. The van der Waals surface area contributed by atoms with E-state index in [9.17, 15) is 26.4 Å². The van der Waals surface area contributed by atoms with E-state index in [1.54, 1.807) is 24.3 Å². The Morgan fingerprint density at radius 1 is 1.12 bits per heavy atom.